The van der Waals surface area contributed by atoms with Crippen molar-refractivity contribution in [2.24, 2.45) is 0 Å². The summed E-state index contributed by atoms with van der Waals surface area (Å²) in [4.78, 5) is 15.8. The van der Waals surface area contributed by atoms with Gasteiger partial charge in [-0.05, 0) is 24.6 Å². The Bertz CT molecular complexity index is 977. The molecule has 1 aliphatic heterocycles. The molecule has 1 aromatic heterocycles. The van der Waals surface area contributed by atoms with Crippen LogP contribution in [0.4, 0.5) is 5.69 Å². The number of rotatable bonds is 6. The van der Waals surface area contributed by atoms with E-state index in [1.165, 1.54) is 18.1 Å². The molecule has 6 heteroatoms. The van der Waals surface area contributed by atoms with Crippen LogP contribution < -0.4 is 10.6 Å². The van der Waals surface area contributed by atoms with Crippen molar-refractivity contribution >= 4 is 11.6 Å². The second-order valence-electron chi connectivity index (χ2n) is 7.50. The van der Waals surface area contributed by atoms with Crippen molar-refractivity contribution in [3.8, 4) is 11.3 Å². The standard InChI is InChI=1S/C23H26N4O2/c1-16-3-7-19(8-4-16)22-14-27-13-21(29-15-23(27)26-22)12-24-11-18-5-9-20(10-6-18)25-17(2)28/h3-10,14,21,24H,11-13,15H2,1-2H3,(H,25,28)/t21-/m0/s1. The van der Waals surface area contributed by atoms with Gasteiger partial charge in [0.2, 0.25) is 5.91 Å². The van der Waals surface area contributed by atoms with Crippen molar-refractivity contribution in [3.63, 3.8) is 0 Å². The van der Waals surface area contributed by atoms with Gasteiger partial charge in [0.05, 0.1) is 18.3 Å². The van der Waals surface area contributed by atoms with E-state index < -0.39 is 0 Å². The Morgan fingerprint density at radius 2 is 1.93 bits per heavy atom. The van der Waals surface area contributed by atoms with Crippen LogP contribution in [0, 0.1) is 6.92 Å². The van der Waals surface area contributed by atoms with Gasteiger partial charge in [0, 0.05) is 37.5 Å². The molecule has 6 nitrogen and oxygen atoms in total. The number of ether oxygens (including phenoxy) is 1. The van der Waals surface area contributed by atoms with Crippen LogP contribution in [0.2, 0.25) is 0 Å². The van der Waals surface area contributed by atoms with Crippen LogP contribution in [0.1, 0.15) is 23.9 Å². The van der Waals surface area contributed by atoms with Crippen LogP contribution in [0.5, 0.6) is 0 Å². The summed E-state index contributed by atoms with van der Waals surface area (Å²) in [6.45, 7) is 6.45. The second kappa shape index (κ2) is 8.59. The number of nitrogens with zero attached hydrogens (tertiary/aromatic N) is 2. The molecule has 0 bridgehead atoms. The number of nitrogens with one attached hydrogen (secondary N) is 2. The zero-order valence-electron chi connectivity index (χ0n) is 16.8. The molecule has 0 spiro atoms. The maximum Gasteiger partial charge on any atom is 0.221 e. The number of aromatic nitrogens is 2. The van der Waals surface area contributed by atoms with E-state index in [4.69, 9.17) is 9.72 Å². The molecule has 0 unspecified atom stereocenters. The summed E-state index contributed by atoms with van der Waals surface area (Å²) in [5.41, 5.74) is 5.36. The highest BCUT2D eigenvalue weighted by Crippen LogP contribution is 2.22. The normalized spacial score (nSPS) is 15.7. The third-order valence-corrected chi connectivity index (χ3v) is 5.03. The van der Waals surface area contributed by atoms with Crippen LogP contribution in [0.3, 0.4) is 0 Å². The van der Waals surface area contributed by atoms with Gasteiger partial charge in [-0.1, -0.05) is 42.0 Å². The minimum atomic E-state index is -0.0604. The van der Waals surface area contributed by atoms with Crippen molar-refractivity contribution < 1.29 is 9.53 Å². The van der Waals surface area contributed by atoms with E-state index >= 15 is 0 Å². The molecule has 150 valence electrons. The van der Waals surface area contributed by atoms with Gasteiger partial charge in [-0.3, -0.25) is 4.79 Å². The van der Waals surface area contributed by atoms with Crippen molar-refractivity contribution in [2.45, 2.75) is 39.6 Å². The summed E-state index contributed by atoms with van der Waals surface area (Å²) in [6, 6.07) is 16.3. The zero-order valence-corrected chi connectivity index (χ0v) is 16.8. The Labute approximate surface area is 170 Å². The molecule has 2 N–H and O–H groups in total. The topological polar surface area (TPSA) is 68.2 Å². The molecule has 0 radical (unpaired) electrons. The van der Waals surface area contributed by atoms with Crippen LogP contribution in [-0.4, -0.2) is 28.1 Å². The smallest absolute Gasteiger partial charge is 0.221 e. The molecule has 0 aliphatic carbocycles. The monoisotopic (exact) mass is 390 g/mol. The summed E-state index contributed by atoms with van der Waals surface area (Å²) in [6.07, 6.45) is 2.23. The highest BCUT2D eigenvalue weighted by Gasteiger charge is 2.21. The SMILES string of the molecule is CC(=O)Nc1ccc(CNC[C@H]2Cn3cc(-c4ccc(C)cc4)nc3CO2)cc1. The van der Waals surface area contributed by atoms with Crippen molar-refractivity contribution in [1.29, 1.82) is 0 Å². The third-order valence-electron chi connectivity index (χ3n) is 5.03. The summed E-state index contributed by atoms with van der Waals surface area (Å²) < 4.78 is 8.18. The van der Waals surface area contributed by atoms with Gasteiger partial charge < -0.3 is 19.9 Å². The Morgan fingerprint density at radius 3 is 2.66 bits per heavy atom. The molecule has 2 heterocycles. The van der Waals surface area contributed by atoms with E-state index in [-0.39, 0.29) is 12.0 Å². The number of aryl methyl sites for hydroxylation is 1. The summed E-state index contributed by atoms with van der Waals surface area (Å²) in [5.74, 6) is 0.917. The number of carbonyl (C=O) groups is 1. The van der Waals surface area contributed by atoms with Gasteiger partial charge in [0.1, 0.15) is 12.4 Å². The maximum absolute atomic E-state index is 11.1. The molecule has 0 saturated heterocycles. The number of fused-ring (bicyclic) bond motifs is 1. The molecule has 1 atom stereocenters. The van der Waals surface area contributed by atoms with Crippen LogP contribution >= 0.6 is 0 Å². The first-order chi connectivity index (χ1) is 14.1. The van der Waals surface area contributed by atoms with E-state index in [1.54, 1.807) is 0 Å². The molecule has 0 saturated carbocycles. The minimum absolute atomic E-state index is 0.0604. The van der Waals surface area contributed by atoms with Gasteiger partial charge in [0.15, 0.2) is 0 Å². The van der Waals surface area contributed by atoms with Crippen molar-refractivity contribution in [3.05, 3.63) is 71.7 Å². The minimum Gasteiger partial charge on any atom is -0.367 e. The van der Waals surface area contributed by atoms with E-state index in [2.05, 4.69) is 52.6 Å². The van der Waals surface area contributed by atoms with Gasteiger partial charge in [0.25, 0.3) is 0 Å². The van der Waals surface area contributed by atoms with Gasteiger partial charge in [-0.2, -0.15) is 0 Å². The second-order valence-corrected chi connectivity index (χ2v) is 7.50. The molecule has 29 heavy (non-hydrogen) atoms. The molecule has 4 rings (SSSR count). The zero-order chi connectivity index (χ0) is 20.2. The Kier molecular flexibility index (Phi) is 5.74. The molecule has 0 fully saturated rings. The van der Waals surface area contributed by atoms with Crippen molar-refractivity contribution in [1.82, 2.24) is 14.9 Å². The van der Waals surface area contributed by atoms with E-state index in [0.717, 1.165) is 42.4 Å². The molecule has 1 amide bonds. The molecule has 2 aromatic carbocycles. The van der Waals surface area contributed by atoms with E-state index in [1.807, 2.05) is 24.3 Å². The largest absolute Gasteiger partial charge is 0.367 e. The Morgan fingerprint density at radius 1 is 1.17 bits per heavy atom. The van der Waals surface area contributed by atoms with Crippen LogP contribution in [-0.2, 0) is 29.2 Å². The predicted octanol–water partition coefficient (Wildman–Crippen LogP) is 3.51. The molecular formula is C23H26N4O2. The van der Waals surface area contributed by atoms with Crippen LogP contribution in [0.25, 0.3) is 11.3 Å². The fourth-order valence-corrected chi connectivity index (χ4v) is 3.47. The fraction of sp³-hybridized carbons (Fsp3) is 0.304. The third kappa shape index (κ3) is 4.91. The fourth-order valence-electron chi connectivity index (χ4n) is 3.47. The molecular weight excluding hydrogens is 364 g/mol. The molecule has 3 aromatic rings. The number of hydrogen-bond donors (Lipinski definition) is 2. The van der Waals surface area contributed by atoms with Gasteiger partial charge in [-0.15, -0.1) is 0 Å². The highest BCUT2D eigenvalue weighted by atomic mass is 16.5. The number of anilines is 1. The average Bonchev–Trinajstić information content (AvgIpc) is 3.13. The van der Waals surface area contributed by atoms with E-state index in [0.29, 0.717) is 6.61 Å². The number of amides is 1. The summed E-state index contributed by atoms with van der Waals surface area (Å²) >= 11 is 0. The lowest BCUT2D eigenvalue weighted by Crippen LogP contribution is -2.35. The number of imidazole rings is 1. The lowest BCUT2D eigenvalue weighted by atomic mass is 10.1. The lowest BCUT2D eigenvalue weighted by molar-refractivity contribution is -0.114. The Balaban J connectivity index is 1.30. The quantitative estimate of drug-likeness (QED) is 0.676. The number of benzene rings is 2. The lowest BCUT2D eigenvalue weighted by Gasteiger charge is -2.24. The van der Waals surface area contributed by atoms with Gasteiger partial charge in [-0.25, -0.2) is 4.98 Å². The van der Waals surface area contributed by atoms with Gasteiger partial charge >= 0.3 is 0 Å². The first-order valence-electron chi connectivity index (χ1n) is 9.89. The predicted molar refractivity (Wildman–Crippen MR) is 113 cm³/mol. The average molecular weight is 390 g/mol. The Hall–Kier alpha value is -2.96. The summed E-state index contributed by atoms with van der Waals surface area (Å²) in [5, 5.41) is 6.24. The first-order valence-corrected chi connectivity index (χ1v) is 9.89. The number of carbonyl (C=O) groups excluding carboxylic acids is 1. The van der Waals surface area contributed by atoms with E-state index in [9.17, 15) is 4.79 Å². The maximum atomic E-state index is 11.1. The van der Waals surface area contributed by atoms with Crippen LogP contribution in [0.15, 0.2) is 54.7 Å². The van der Waals surface area contributed by atoms with Crippen molar-refractivity contribution in [2.75, 3.05) is 11.9 Å². The molecule has 1 aliphatic rings. The first kappa shape index (κ1) is 19.4. The summed E-state index contributed by atoms with van der Waals surface area (Å²) in [7, 11) is 0. The highest BCUT2D eigenvalue weighted by molar-refractivity contribution is 5.88. The number of hydrogen-bond acceptors (Lipinski definition) is 4.